The molecule has 6 heteroatoms. The smallest absolute Gasteiger partial charge is 0.163 e. The van der Waals surface area contributed by atoms with E-state index >= 15 is 0 Å². The highest BCUT2D eigenvalue weighted by atomic mass is 32.1. The van der Waals surface area contributed by atoms with Crippen molar-refractivity contribution < 1.29 is 4.74 Å². The van der Waals surface area contributed by atoms with Gasteiger partial charge in [0.05, 0.1) is 30.2 Å². The van der Waals surface area contributed by atoms with Crippen molar-refractivity contribution in [2.45, 2.75) is 25.7 Å². The predicted octanol–water partition coefficient (Wildman–Crippen LogP) is 3.95. The molecule has 136 valence electrons. The molecule has 2 aliphatic rings. The van der Waals surface area contributed by atoms with E-state index in [1.54, 1.807) is 0 Å². The third kappa shape index (κ3) is 2.97. The molecule has 0 radical (unpaired) electrons. The first-order valence-electron chi connectivity index (χ1n) is 9.49. The Bertz CT molecular complexity index is 1050. The lowest BCUT2D eigenvalue weighted by atomic mass is 9.97. The summed E-state index contributed by atoms with van der Waals surface area (Å²) in [5.41, 5.74) is 2.99. The highest BCUT2D eigenvalue weighted by Gasteiger charge is 2.25. The van der Waals surface area contributed by atoms with Gasteiger partial charge in [0.1, 0.15) is 10.6 Å². The van der Waals surface area contributed by atoms with Crippen LogP contribution in [0.1, 0.15) is 28.8 Å². The summed E-state index contributed by atoms with van der Waals surface area (Å²) in [6.45, 7) is 3.18. The van der Waals surface area contributed by atoms with Gasteiger partial charge in [-0.25, -0.2) is 9.97 Å². The number of hydrogen-bond donors (Lipinski definition) is 0. The van der Waals surface area contributed by atoms with Gasteiger partial charge in [-0.1, -0.05) is 12.1 Å². The molecular weight excluding hydrogens is 356 g/mol. The zero-order valence-electron chi connectivity index (χ0n) is 15.1. The van der Waals surface area contributed by atoms with Crippen LogP contribution in [0, 0.1) is 11.3 Å². The summed E-state index contributed by atoms with van der Waals surface area (Å²) in [6, 6.07) is 9.78. The number of benzene rings is 1. The summed E-state index contributed by atoms with van der Waals surface area (Å²) in [6.07, 6.45) is 4.78. The average molecular weight is 376 g/mol. The van der Waals surface area contributed by atoms with Crippen LogP contribution < -0.4 is 4.90 Å². The number of nitrogens with zero attached hydrogens (tertiary/aromatic N) is 4. The third-order valence-electron chi connectivity index (χ3n) is 5.36. The number of nitriles is 1. The van der Waals surface area contributed by atoms with Gasteiger partial charge in [-0.15, -0.1) is 11.3 Å². The summed E-state index contributed by atoms with van der Waals surface area (Å²) in [5.74, 6) is 1.75. The standard InChI is InChI=1S/C21H20N4OS/c22-13-14-4-3-5-15(12-14)19-23-20(25-8-10-26-11-9-25)18-16-6-1-2-7-17(16)27-21(18)24-19/h3-5,12H,1-2,6-11H2. The second-order valence-corrected chi connectivity index (χ2v) is 8.14. The molecule has 0 saturated carbocycles. The van der Waals surface area contributed by atoms with Crippen LogP contribution in [0.4, 0.5) is 5.82 Å². The van der Waals surface area contributed by atoms with Crippen molar-refractivity contribution in [2.75, 3.05) is 31.2 Å². The molecular formula is C21H20N4OS. The SMILES string of the molecule is N#Cc1cccc(-c2nc(N3CCOCC3)c3c4c(sc3n2)CCCC4)c1. The summed E-state index contributed by atoms with van der Waals surface area (Å²) in [5, 5.41) is 10.5. The molecule has 5 nitrogen and oxygen atoms in total. The average Bonchev–Trinajstić information content (AvgIpc) is 3.12. The van der Waals surface area contributed by atoms with Crippen molar-refractivity contribution in [3.05, 3.63) is 40.3 Å². The first kappa shape index (κ1) is 16.7. The number of ether oxygens (including phenoxy) is 1. The molecule has 5 rings (SSSR count). The van der Waals surface area contributed by atoms with E-state index in [0.29, 0.717) is 11.4 Å². The maximum absolute atomic E-state index is 9.24. The maximum Gasteiger partial charge on any atom is 0.163 e. The van der Waals surface area contributed by atoms with Crippen LogP contribution >= 0.6 is 11.3 Å². The van der Waals surface area contributed by atoms with Crippen molar-refractivity contribution in [1.82, 2.24) is 9.97 Å². The summed E-state index contributed by atoms with van der Waals surface area (Å²) in [7, 11) is 0. The highest BCUT2D eigenvalue weighted by Crippen LogP contribution is 2.41. The zero-order valence-corrected chi connectivity index (χ0v) is 15.9. The Morgan fingerprint density at radius 2 is 1.96 bits per heavy atom. The van der Waals surface area contributed by atoms with Gasteiger partial charge in [0.15, 0.2) is 5.82 Å². The number of fused-ring (bicyclic) bond motifs is 3. The third-order valence-corrected chi connectivity index (χ3v) is 6.54. The van der Waals surface area contributed by atoms with Gasteiger partial charge in [0.25, 0.3) is 0 Å². The predicted molar refractivity (Wildman–Crippen MR) is 107 cm³/mol. The fourth-order valence-corrected chi connectivity index (χ4v) is 5.25. The van der Waals surface area contributed by atoms with Gasteiger partial charge in [-0.05, 0) is 43.4 Å². The van der Waals surface area contributed by atoms with E-state index in [4.69, 9.17) is 14.7 Å². The van der Waals surface area contributed by atoms with Crippen LogP contribution in [0.3, 0.4) is 0 Å². The van der Waals surface area contributed by atoms with Gasteiger partial charge in [0, 0.05) is 23.5 Å². The van der Waals surface area contributed by atoms with Crippen LogP contribution in [0.25, 0.3) is 21.6 Å². The molecule has 0 N–H and O–H groups in total. The Morgan fingerprint density at radius 3 is 2.81 bits per heavy atom. The summed E-state index contributed by atoms with van der Waals surface area (Å²) >= 11 is 1.82. The van der Waals surface area contributed by atoms with Crippen LogP contribution in [0.2, 0.25) is 0 Å². The van der Waals surface area contributed by atoms with Gasteiger partial charge in [0.2, 0.25) is 0 Å². The van der Waals surface area contributed by atoms with Crippen molar-refractivity contribution >= 4 is 27.4 Å². The highest BCUT2D eigenvalue weighted by molar-refractivity contribution is 7.19. The van der Waals surface area contributed by atoms with Crippen molar-refractivity contribution in [3.63, 3.8) is 0 Å². The molecule has 1 fully saturated rings. The van der Waals surface area contributed by atoms with Crippen molar-refractivity contribution in [2.24, 2.45) is 0 Å². The minimum Gasteiger partial charge on any atom is -0.378 e. The maximum atomic E-state index is 9.24. The van der Waals surface area contributed by atoms with E-state index in [0.717, 1.165) is 55.4 Å². The number of aryl methyl sites for hydroxylation is 2. The van der Waals surface area contributed by atoms with E-state index < -0.39 is 0 Å². The van der Waals surface area contributed by atoms with Crippen LogP contribution in [-0.4, -0.2) is 36.3 Å². The summed E-state index contributed by atoms with van der Waals surface area (Å²) < 4.78 is 5.55. The Balaban J connectivity index is 1.72. The Hall–Kier alpha value is -2.49. The van der Waals surface area contributed by atoms with E-state index in [9.17, 15) is 5.26 Å². The number of rotatable bonds is 2. The first-order valence-corrected chi connectivity index (χ1v) is 10.3. The molecule has 3 heterocycles. The molecule has 3 aromatic rings. The molecule has 0 spiro atoms. The number of morpholine rings is 1. The summed E-state index contributed by atoms with van der Waals surface area (Å²) in [4.78, 5) is 14.8. The Kier molecular flexibility index (Phi) is 4.27. The second kappa shape index (κ2) is 6.91. The number of anilines is 1. The number of hydrogen-bond acceptors (Lipinski definition) is 6. The molecule has 2 aromatic heterocycles. The van der Waals surface area contributed by atoms with E-state index in [2.05, 4.69) is 11.0 Å². The lowest BCUT2D eigenvalue weighted by Crippen LogP contribution is -2.37. The minimum atomic E-state index is 0.634. The molecule has 1 aliphatic heterocycles. The minimum absolute atomic E-state index is 0.634. The largest absolute Gasteiger partial charge is 0.378 e. The normalized spacial score (nSPS) is 16.9. The lowest BCUT2D eigenvalue weighted by molar-refractivity contribution is 0.122. The fraction of sp³-hybridized carbons (Fsp3) is 0.381. The monoisotopic (exact) mass is 376 g/mol. The number of aromatic nitrogens is 2. The zero-order chi connectivity index (χ0) is 18.2. The molecule has 0 bridgehead atoms. The first-order chi connectivity index (χ1) is 13.3. The lowest BCUT2D eigenvalue weighted by Gasteiger charge is -2.29. The topological polar surface area (TPSA) is 62.0 Å². The van der Waals surface area contributed by atoms with Gasteiger partial charge >= 0.3 is 0 Å². The van der Waals surface area contributed by atoms with E-state index in [1.807, 2.05) is 35.6 Å². The second-order valence-electron chi connectivity index (χ2n) is 7.05. The molecule has 0 amide bonds. The van der Waals surface area contributed by atoms with Gasteiger partial charge < -0.3 is 9.64 Å². The molecule has 1 saturated heterocycles. The van der Waals surface area contributed by atoms with Gasteiger partial charge in [-0.3, -0.25) is 0 Å². The van der Waals surface area contributed by atoms with Crippen LogP contribution in [0.5, 0.6) is 0 Å². The Labute approximate surface area is 162 Å². The molecule has 1 aliphatic carbocycles. The fourth-order valence-electron chi connectivity index (χ4n) is 4.00. The molecule has 27 heavy (non-hydrogen) atoms. The molecule has 0 atom stereocenters. The molecule has 1 aromatic carbocycles. The number of thiophene rings is 1. The van der Waals surface area contributed by atoms with Crippen LogP contribution in [0.15, 0.2) is 24.3 Å². The van der Waals surface area contributed by atoms with Gasteiger partial charge in [-0.2, -0.15) is 5.26 Å². The quantitative estimate of drug-likeness (QED) is 0.678. The van der Waals surface area contributed by atoms with E-state index in [1.165, 1.54) is 28.7 Å². The van der Waals surface area contributed by atoms with Crippen molar-refractivity contribution in [1.29, 1.82) is 5.26 Å². The Morgan fingerprint density at radius 1 is 1.11 bits per heavy atom. The van der Waals surface area contributed by atoms with Crippen LogP contribution in [-0.2, 0) is 17.6 Å². The van der Waals surface area contributed by atoms with E-state index in [-0.39, 0.29) is 0 Å². The van der Waals surface area contributed by atoms with Crippen molar-refractivity contribution in [3.8, 4) is 17.5 Å². The molecule has 0 unspecified atom stereocenters.